The fraction of sp³-hybridized carbons (Fsp3) is 0.150. The third kappa shape index (κ3) is 3.69. The summed E-state index contributed by atoms with van der Waals surface area (Å²) in [6.45, 7) is 2.58. The summed E-state index contributed by atoms with van der Waals surface area (Å²) in [5.41, 5.74) is 5.49. The summed E-state index contributed by atoms with van der Waals surface area (Å²) in [6, 6.07) is 15.9. The number of benzene rings is 2. The van der Waals surface area contributed by atoms with E-state index < -0.39 is 0 Å². The normalized spacial score (nSPS) is 10.5. The molecule has 3 aromatic rings. The van der Waals surface area contributed by atoms with Crippen LogP contribution < -0.4 is 10.1 Å². The van der Waals surface area contributed by atoms with Crippen molar-refractivity contribution in [1.29, 1.82) is 0 Å². The Balaban J connectivity index is 1.80. The van der Waals surface area contributed by atoms with E-state index in [4.69, 9.17) is 16.3 Å². The molecule has 3 nitrogen and oxygen atoms in total. The largest absolute Gasteiger partial charge is 0.487 e. The van der Waals surface area contributed by atoms with Crippen LogP contribution in [0.4, 0.5) is 5.69 Å². The van der Waals surface area contributed by atoms with Crippen molar-refractivity contribution in [3.63, 3.8) is 0 Å². The smallest absolute Gasteiger partial charge is 0.138 e. The first-order chi connectivity index (χ1) is 11.7. The first kappa shape index (κ1) is 16.3. The zero-order valence-corrected chi connectivity index (χ0v) is 14.5. The fourth-order valence-electron chi connectivity index (χ4n) is 2.58. The lowest BCUT2D eigenvalue weighted by molar-refractivity contribution is 0.305. The number of halogens is 1. The summed E-state index contributed by atoms with van der Waals surface area (Å²) >= 11 is 5.95. The van der Waals surface area contributed by atoms with Crippen LogP contribution in [0.15, 0.2) is 60.9 Å². The summed E-state index contributed by atoms with van der Waals surface area (Å²) in [5, 5.41) is 3.93. The molecule has 0 amide bonds. The molecule has 1 N–H and O–H groups in total. The summed E-state index contributed by atoms with van der Waals surface area (Å²) in [6.07, 6.45) is 3.56. The second kappa shape index (κ2) is 7.37. The number of pyridine rings is 1. The number of hydrogen-bond acceptors (Lipinski definition) is 3. The maximum atomic E-state index is 5.97. The van der Waals surface area contributed by atoms with Crippen molar-refractivity contribution in [1.82, 2.24) is 4.98 Å². The first-order valence-electron chi connectivity index (χ1n) is 7.77. The van der Waals surface area contributed by atoms with Crippen molar-refractivity contribution in [2.45, 2.75) is 13.5 Å². The Morgan fingerprint density at radius 3 is 2.58 bits per heavy atom. The van der Waals surface area contributed by atoms with Gasteiger partial charge in [-0.2, -0.15) is 0 Å². The number of nitrogens with one attached hydrogen (secondary N) is 1. The van der Waals surface area contributed by atoms with Crippen LogP contribution in [0.1, 0.15) is 11.1 Å². The second-order valence-corrected chi connectivity index (χ2v) is 5.99. The highest BCUT2D eigenvalue weighted by Gasteiger charge is 2.07. The SMILES string of the molecule is CNc1cccc(C)c1COc1cncc(-c2ccc(Cl)cc2)c1. The highest BCUT2D eigenvalue weighted by atomic mass is 35.5. The Bertz CT molecular complexity index is 831. The van der Waals surface area contributed by atoms with Crippen molar-refractivity contribution in [3.05, 3.63) is 77.1 Å². The van der Waals surface area contributed by atoms with Gasteiger partial charge < -0.3 is 10.1 Å². The molecule has 0 aliphatic rings. The molecule has 0 saturated carbocycles. The van der Waals surface area contributed by atoms with Crippen molar-refractivity contribution in [2.24, 2.45) is 0 Å². The van der Waals surface area contributed by atoms with Gasteiger partial charge in [-0.15, -0.1) is 0 Å². The summed E-state index contributed by atoms with van der Waals surface area (Å²) in [4.78, 5) is 4.29. The first-order valence-corrected chi connectivity index (χ1v) is 8.15. The minimum Gasteiger partial charge on any atom is -0.487 e. The van der Waals surface area contributed by atoms with E-state index in [1.54, 1.807) is 6.20 Å². The molecule has 0 atom stereocenters. The predicted octanol–water partition coefficient (Wildman–Crippen LogP) is 5.33. The van der Waals surface area contributed by atoms with Crippen molar-refractivity contribution in [2.75, 3.05) is 12.4 Å². The van der Waals surface area contributed by atoms with Crippen molar-refractivity contribution >= 4 is 17.3 Å². The zero-order chi connectivity index (χ0) is 16.9. The van der Waals surface area contributed by atoms with Crippen LogP contribution in [-0.4, -0.2) is 12.0 Å². The van der Waals surface area contributed by atoms with Gasteiger partial charge in [0.15, 0.2) is 0 Å². The maximum Gasteiger partial charge on any atom is 0.138 e. The minimum atomic E-state index is 0.495. The third-order valence-corrected chi connectivity index (χ3v) is 4.21. The number of aromatic nitrogens is 1. The van der Waals surface area contributed by atoms with E-state index in [2.05, 4.69) is 23.3 Å². The second-order valence-electron chi connectivity index (χ2n) is 5.56. The van der Waals surface area contributed by atoms with Crippen molar-refractivity contribution in [3.8, 4) is 16.9 Å². The molecule has 24 heavy (non-hydrogen) atoms. The van der Waals surface area contributed by atoms with Crippen LogP contribution in [-0.2, 0) is 6.61 Å². The van der Waals surface area contributed by atoms with Gasteiger partial charge in [0, 0.05) is 35.1 Å². The van der Waals surface area contributed by atoms with E-state index in [1.807, 2.05) is 55.7 Å². The monoisotopic (exact) mass is 338 g/mol. The molecule has 0 unspecified atom stereocenters. The van der Waals surface area contributed by atoms with Crippen LogP contribution in [0, 0.1) is 6.92 Å². The molecule has 0 spiro atoms. The Morgan fingerprint density at radius 1 is 1.04 bits per heavy atom. The molecule has 3 rings (SSSR count). The van der Waals surface area contributed by atoms with Crippen LogP contribution in [0.25, 0.3) is 11.1 Å². The van der Waals surface area contributed by atoms with Crippen LogP contribution >= 0.6 is 11.6 Å². The summed E-state index contributed by atoms with van der Waals surface area (Å²) < 4.78 is 5.97. The van der Waals surface area contributed by atoms with Gasteiger partial charge in [-0.3, -0.25) is 4.98 Å². The molecule has 4 heteroatoms. The standard InChI is InChI=1S/C20H19ClN2O/c1-14-4-3-5-20(22-2)19(14)13-24-18-10-16(11-23-12-18)15-6-8-17(21)9-7-15/h3-12,22H,13H2,1-2H3. The molecular formula is C20H19ClN2O. The molecule has 0 aliphatic heterocycles. The predicted molar refractivity (Wildman–Crippen MR) is 99.7 cm³/mol. The van der Waals surface area contributed by atoms with Gasteiger partial charge in [0.25, 0.3) is 0 Å². The average Bonchev–Trinajstić information content (AvgIpc) is 2.61. The molecule has 0 bridgehead atoms. The lowest BCUT2D eigenvalue weighted by atomic mass is 10.1. The molecule has 0 aliphatic carbocycles. The molecule has 0 fully saturated rings. The van der Waals surface area contributed by atoms with Gasteiger partial charge in [-0.1, -0.05) is 35.9 Å². The number of aryl methyl sites for hydroxylation is 1. The highest BCUT2D eigenvalue weighted by Crippen LogP contribution is 2.26. The van der Waals surface area contributed by atoms with Crippen molar-refractivity contribution < 1.29 is 4.74 Å². The zero-order valence-electron chi connectivity index (χ0n) is 13.7. The van der Waals surface area contributed by atoms with E-state index in [1.165, 1.54) is 5.56 Å². The maximum absolute atomic E-state index is 5.97. The van der Waals surface area contributed by atoms with E-state index in [0.29, 0.717) is 6.61 Å². The summed E-state index contributed by atoms with van der Waals surface area (Å²) in [5.74, 6) is 0.743. The van der Waals surface area contributed by atoms with Crippen LogP contribution in [0.3, 0.4) is 0 Å². The van der Waals surface area contributed by atoms with Gasteiger partial charge in [-0.25, -0.2) is 0 Å². The topological polar surface area (TPSA) is 34.1 Å². The lowest BCUT2D eigenvalue weighted by Gasteiger charge is -2.13. The van der Waals surface area contributed by atoms with Gasteiger partial charge >= 0.3 is 0 Å². The molecule has 0 saturated heterocycles. The Labute approximate surface area is 147 Å². The van der Waals surface area contributed by atoms with E-state index in [0.717, 1.165) is 33.1 Å². The quantitative estimate of drug-likeness (QED) is 0.682. The van der Waals surface area contributed by atoms with Crippen LogP contribution in [0.5, 0.6) is 5.75 Å². The van der Waals surface area contributed by atoms with Gasteiger partial charge in [0.1, 0.15) is 12.4 Å². The highest BCUT2D eigenvalue weighted by molar-refractivity contribution is 6.30. The van der Waals surface area contributed by atoms with E-state index in [9.17, 15) is 0 Å². The molecule has 1 aromatic heterocycles. The Morgan fingerprint density at radius 2 is 1.83 bits per heavy atom. The number of ether oxygens (including phenoxy) is 1. The number of nitrogens with zero attached hydrogens (tertiary/aromatic N) is 1. The molecule has 1 heterocycles. The Hall–Kier alpha value is -2.52. The number of anilines is 1. The minimum absolute atomic E-state index is 0.495. The average molecular weight is 339 g/mol. The molecule has 0 radical (unpaired) electrons. The third-order valence-electron chi connectivity index (χ3n) is 3.95. The van der Waals surface area contributed by atoms with Gasteiger partial charge in [0.05, 0.1) is 6.20 Å². The van der Waals surface area contributed by atoms with Crippen LogP contribution in [0.2, 0.25) is 5.02 Å². The lowest BCUT2D eigenvalue weighted by Crippen LogP contribution is -2.03. The molecule has 122 valence electrons. The van der Waals surface area contributed by atoms with E-state index >= 15 is 0 Å². The van der Waals surface area contributed by atoms with Gasteiger partial charge in [0.2, 0.25) is 0 Å². The number of hydrogen-bond donors (Lipinski definition) is 1. The number of rotatable bonds is 5. The van der Waals surface area contributed by atoms with Gasteiger partial charge in [-0.05, 0) is 42.3 Å². The molecule has 2 aromatic carbocycles. The fourth-order valence-corrected chi connectivity index (χ4v) is 2.71. The Kier molecular flexibility index (Phi) is 5.02. The summed E-state index contributed by atoms with van der Waals surface area (Å²) in [7, 11) is 1.92. The molecular weight excluding hydrogens is 320 g/mol. The van der Waals surface area contributed by atoms with E-state index in [-0.39, 0.29) is 0 Å².